The van der Waals surface area contributed by atoms with Crippen LogP contribution < -0.4 is 0 Å². The molecule has 0 unspecified atom stereocenters. The van der Waals surface area contributed by atoms with Crippen LogP contribution in [0.3, 0.4) is 0 Å². The summed E-state index contributed by atoms with van der Waals surface area (Å²) < 4.78 is 0.882. The van der Waals surface area contributed by atoms with E-state index in [1.807, 2.05) is 0 Å². The van der Waals surface area contributed by atoms with Gasteiger partial charge in [-0.05, 0) is 40.8 Å². The van der Waals surface area contributed by atoms with Crippen molar-refractivity contribution >= 4 is 46.1 Å². The van der Waals surface area contributed by atoms with Crippen LogP contribution >= 0.6 is 34.2 Å². The van der Waals surface area contributed by atoms with Gasteiger partial charge in [0.2, 0.25) is 0 Å². The smallest absolute Gasteiger partial charge is 0.310 e. The van der Waals surface area contributed by atoms with E-state index in [4.69, 9.17) is 16.7 Å². The Kier molecular flexibility index (Phi) is 3.58. The third-order valence-corrected chi connectivity index (χ3v) is 4.26. The topological polar surface area (TPSA) is 57.6 Å². The zero-order chi connectivity index (χ0) is 12.6. The first-order chi connectivity index (χ1) is 7.99. The van der Waals surface area contributed by atoms with Gasteiger partial charge >= 0.3 is 5.97 Å². The SMILES string of the molecule is O=C(O)C1CN(C(=O)c2ccc(I)c(Cl)c2)C1. The number of carboxylic acids is 1. The number of halogens is 2. The van der Waals surface area contributed by atoms with Gasteiger partial charge in [-0.15, -0.1) is 0 Å². The monoisotopic (exact) mass is 365 g/mol. The van der Waals surface area contributed by atoms with E-state index in [1.165, 1.54) is 4.90 Å². The van der Waals surface area contributed by atoms with Crippen molar-refractivity contribution in [2.75, 3.05) is 13.1 Å². The molecule has 1 aromatic carbocycles. The molecule has 6 heteroatoms. The second-order valence-electron chi connectivity index (χ2n) is 3.87. The van der Waals surface area contributed by atoms with Crippen molar-refractivity contribution in [2.24, 2.45) is 5.92 Å². The lowest BCUT2D eigenvalue weighted by molar-refractivity contribution is -0.146. The highest BCUT2D eigenvalue weighted by Gasteiger charge is 2.35. The first kappa shape index (κ1) is 12.6. The summed E-state index contributed by atoms with van der Waals surface area (Å²) >= 11 is 8.01. The molecule has 1 fully saturated rings. The molecule has 0 spiro atoms. The van der Waals surface area contributed by atoms with Crippen LogP contribution in [0.15, 0.2) is 18.2 Å². The van der Waals surface area contributed by atoms with Crippen LogP contribution in [-0.2, 0) is 4.79 Å². The molecule has 1 aliphatic heterocycles. The summed E-state index contributed by atoms with van der Waals surface area (Å²) in [6, 6.07) is 5.08. The van der Waals surface area contributed by atoms with Crippen LogP contribution in [0.25, 0.3) is 0 Å². The zero-order valence-corrected chi connectivity index (χ0v) is 11.6. The summed E-state index contributed by atoms with van der Waals surface area (Å²) in [4.78, 5) is 24.1. The van der Waals surface area contributed by atoms with E-state index in [1.54, 1.807) is 18.2 Å². The first-order valence-electron chi connectivity index (χ1n) is 4.96. The summed E-state index contributed by atoms with van der Waals surface area (Å²) in [7, 11) is 0. The van der Waals surface area contributed by atoms with Crippen molar-refractivity contribution in [1.82, 2.24) is 4.90 Å². The van der Waals surface area contributed by atoms with Gasteiger partial charge in [-0.25, -0.2) is 0 Å². The molecule has 1 saturated heterocycles. The second kappa shape index (κ2) is 4.81. The fourth-order valence-corrected chi connectivity index (χ4v) is 2.13. The Hall–Kier alpha value is -0.820. The van der Waals surface area contributed by atoms with Crippen molar-refractivity contribution in [2.45, 2.75) is 0 Å². The van der Waals surface area contributed by atoms with Gasteiger partial charge < -0.3 is 10.0 Å². The standard InChI is InChI=1S/C11H9ClINO3/c12-8-3-6(1-2-9(8)13)10(15)14-4-7(5-14)11(16)17/h1-3,7H,4-5H2,(H,16,17). The average Bonchev–Trinajstić information content (AvgIpc) is 2.19. The Bertz CT molecular complexity index is 486. The molecular weight excluding hydrogens is 356 g/mol. The zero-order valence-electron chi connectivity index (χ0n) is 8.69. The average molecular weight is 366 g/mol. The molecule has 1 amide bonds. The lowest BCUT2D eigenvalue weighted by Gasteiger charge is -2.36. The molecule has 1 N–H and O–H groups in total. The summed E-state index contributed by atoms with van der Waals surface area (Å²) in [5.41, 5.74) is 0.499. The Labute approximate surface area is 117 Å². The number of nitrogens with zero attached hydrogens (tertiary/aromatic N) is 1. The van der Waals surface area contributed by atoms with Crippen LogP contribution in [0.2, 0.25) is 5.02 Å². The molecule has 1 aliphatic rings. The van der Waals surface area contributed by atoms with Gasteiger partial charge in [-0.2, -0.15) is 0 Å². The molecule has 0 atom stereocenters. The van der Waals surface area contributed by atoms with Gasteiger partial charge in [-0.1, -0.05) is 11.6 Å². The number of carboxylic acid groups (broad SMARTS) is 1. The van der Waals surface area contributed by atoms with E-state index >= 15 is 0 Å². The van der Waals surface area contributed by atoms with E-state index in [0.717, 1.165) is 3.57 Å². The molecule has 0 aromatic heterocycles. The predicted molar refractivity (Wildman–Crippen MR) is 71.2 cm³/mol. The second-order valence-corrected chi connectivity index (χ2v) is 5.44. The number of hydrogen-bond donors (Lipinski definition) is 1. The number of amides is 1. The van der Waals surface area contributed by atoms with Crippen LogP contribution in [0.4, 0.5) is 0 Å². The Morgan fingerprint density at radius 3 is 2.59 bits per heavy atom. The number of carbonyl (C=O) groups excluding carboxylic acids is 1. The summed E-state index contributed by atoms with van der Waals surface area (Å²) in [5, 5.41) is 9.26. The molecule has 0 bridgehead atoms. The van der Waals surface area contributed by atoms with Gasteiger partial charge in [0, 0.05) is 22.2 Å². The number of carbonyl (C=O) groups is 2. The number of aliphatic carboxylic acids is 1. The Morgan fingerprint density at radius 2 is 2.06 bits per heavy atom. The Balaban J connectivity index is 2.06. The minimum atomic E-state index is -0.852. The molecule has 1 aromatic rings. The van der Waals surface area contributed by atoms with Gasteiger partial charge in [0.1, 0.15) is 0 Å². The van der Waals surface area contributed by atoms with E-state index < -0.39 is 11.9 Å². The maximum Gasteiger partial charge on any atom is 0.310 e. The number of hydrogen-bond acceptors (Lipinski definition) is 2. The molecule has 2 rings (SSSR count). The lowest BCUT2D eigenvalue weighted by Crippen LogP contribution is -2.53. The molecular formula is C11H9ClINO3. The normalized spacial score (nSPS) is 15.5. The predicted octanol–water partition coefficient (Wildman–Crippen LogP) is 2.10. The first-order valence-corrected chi connectivity index (χ1v) is 6.42. The fraction of sp³-hybridized carbons (Fsp3) is 0.273. The third kappa shape index (κ3) is 2.55. The van der Waals surface area contributed by atoms with Crippen LogP contribution in [-0.4, -0.2) is 35.0 Å². The largest absolute Gasteiger partial charge is 0.481 e. The lowest BCUT2D eigenvalue weighted by atomic mass is 9.99. The van der Waals surface area contributed by atoms with E-state index in [-0.39, 0.29) is 19.0 Å². The summed E-state index contributed by atoms with van der Waals surface area (Å²) in [5.74, 6) is -1.45. The van der Waals surface area contributed by atoms with Crippen LogP contribution in [0.5, 0.6) is 0 Å². The molecule has 0 saturated carbocycles. The van der Waals surface area contributed by atoms with Gasteiger partial charge in [0.05, 0.1) is 10.9 Å². The van der Waals surface area contributed by atoms with E-state index in [0.29, 0.717) is 10.6 Å². The highest BCUT2D eigenvalue weighted by molar-refractivity contribution is 14.1. The Morgan fingerprint density at radius 1 is 1.41 bits per heavy atom. The summed E-state index contributed by atoms with van der Waals surface area (Å²) in [6.07, 6.45) is 0. The molecule has 4 nitrogen and oxygen atoms in total. The van der Waals surface area contributed by atoms with Gasteiger partial charge in [0.25, 0.3) is 5.91 Å². The highest BCUT2D eigenvalue weighted by atomic mass is 127. The van der Waals surface area contributed by atoms with Crippen molar-refractivity contribution < 1.29 is 14.7 Å². The van der Waals surface area contributed by atoms with Gasteiger partial charge in [-0.3, -0.25) is 9.59 Å². The maximum absolute atomic E-state index is 11.9. The van der Waals surface area contributed by atoms with Crippen LogP contribution in [0, 0.1) is 9.49 Å². The van der Waals surface area contributed by atoms with Gasteiger partial charge in [0.15, 0.2) is 0 Å². The molecule has 17 heavy (non-hydrogen) atoms. The molecule has 90 valence electrons. The minimum Gasteiger partial charge on any atom is -0.481 e. The number of rotatable bonds is 2. The highest BCUT2D eigenvalue weighted by Crippen LogP contribution is 2.23. The van der Waals surface area contributed by atoms with Crippen molar-refractivity contribution in [3.63, 3.8) is 0 Å². The van der Waals surface area contributed by atoms with Crippen molar-refractivity contribution in [3.8, 4) is 0 Å². The molecule has 1 heterocycles. The molecule has 0 aliphatic carbocycles. The van der Waals surface area contributed by atoms with Crippen LogP contribution in [0.1, 0.15) is 10.4 Å². The number of benzene rings is 1. The van der Waals surface area contributed by atoms with E-state index in [2.05, 4.69) is 22.6 Å². The fourth-order valence-electron chi connectivity index (χ4n) is 1.61. The summed E-state index contributed by atoms with van der Waals surface area (Å²) in [6.45, 7) is 0.551. The maximum atomic E-state index is 11.9. The minimum absolute atomic E-state index is 0.166. The quantitative estimate of drug-likeness (QED) is 0.817. The number of likely N-dealkylation sites (tertiary alicyclic amines) is 1. The van der Waals surface area contributed by atoms with Crippen molar-refractivity contribution in [3.05, 3.63) is 32.4 Å². The van der Waals surface area contributed by atoms with Crippen molar-refractivity contribution in [1.29, 1.82) is 0 Å². The third-order valence-electron chi connectivity index (χ3n) is 2.68. The molecule has 0 radical (unpaired) electrons. The van der Waals surface area contributed by atoms with E-state index in [9.17, 15) is 9.59 Å².